The van der Waals surface area contributed by atoms with Gasteiger partial charge in [0.15, 0.2) is 0 Å². The number of carbonyl (C=O) groups is 1. The molecule has 0 N–H and O–H groups in total. The van der Waals surface area contributed by atoms with Gasteiger partial charge in [-0.2, -0.15) is 12.6 Å². The first-order valence-electron chi connectivity index (χ1n) is 9.04. The van der Waals surface area contributed by atoms with Gasteiger partial charge in [0.2, 0.25) is 0 Å². The number of unbranched alkanes of at least 4 members (excludes halogenated alkanes) is 8. The van der Waals surface area contributed by atoms with E-state index < -0.39 is 0 Å². The maximum atomic E-state index is 11.5. The molecule has 0 aliphatic rings. The van der Waals surface area contributed by atoms with Crippen molar-refractivity contribution in [1.29, 1.82) is 0 Å². The summed E-state index contributed by atoms with van der Waals surface area (Å²) in [6.07, 6.45) is 15.2. The molecule has 0 heterocycles. The van der Waals surface area contributed by atoms with Crippen LogP contribution in [0.2, 0.25) is 0 Å². The van der Waals surface area contributed by atoms with Crippen LogP contribution in [-0.2, 0) is 9.53 Å². The molecule has 0 saturated heterocycles. The van der Waals surface area contributed by atoms with E-state index in [1.165, 1.54) is 44.9 Å². The Bertz CT molecular complexity index is 231. The number of thiol groups is 1. The van der Waals surface area contributed by atoms with Gasteiger partial charge >= 0.3 is 5.97 Å². The molecule has 0 aliphatic carbocycles. The summed E-state index contributed by atoms with van der Waals surface area (Å²) in [4.78, 5) is 11.5. The van der Waals surface area contributed by atoms with Gasteiger partial charge in [-0.15, -0.1) is 0 Å². The second-order valence-corrected chi connectivity index (χ2v) is 6.76. The molecule has 0 amide bonds. The minimum absolute atomic E-state index is 0.0324. The average molecular weight is 317 g/mol. The number of hydrogen-bond acceptors (Lipinski definition) is 3. The highest BCUT2D eigenvalue weighted by atomic mass is 32.1. The SMILES string of the molecule is CCCCCCCCCCCC(=O)OCCC(S)CCC. The molecule has 0 aromatic carbocycles. The molecule has 2 nitrogen and oxygen atoms in total. The van der Waals surface area contributed by atoms with Gasteiger partial charge in [-0.1, -0.05) is 71.6 Å². The Morgan fingerprint density at radius 2 is 1.43 bits per heavy atom. The first-order valence-corrected chi connectivity index (χ1v) is 9.56. The third-order valence-corrected chi connectivity index (χ3v) is 4.34. The monoisotopic (exact) mass is 316 g/mol. The highest BCUT2D eigenvalue weighted by Crippen LogP contribution is 2.12. The standard InChI is InChI=1S/C18H36O2S/c1-3-5-6-7-8-9-10-11-12-14-18(19)20-16-15-17(21)13-4-2/h17,21H,3-16H2,1-2H3. The Balaban J connectivity index is 3.23. The molecule has 1 unspecified atom stereocenters. The molecule has 0 aromatic heterocycles. The molecule has 0 radical (unpaired) electrons. The van der Waals surface area contributed by atoms with Crippen LogP contribution in [0.3, 0.4) is 0 Å². The fraction of sp³-hybridized carbons (Fsp3) is 0.944. The quantitative estimate of drug-likeness (QED) is 0.230. The highest BCUT2D eigenvalue weighted by Gasteiger charge is 2.05. The van der Waals surface area contributed by atoms with Crippen molar-refractivity contribution >= 4 is 18.6 Å². The van der Waals surface area contributed by atoms with Crippen LogP contribution in [-0.4, -0.2) is 17.8 Å². The zero-order valence-corrected chi connectivity index (χ0v) is 15.1. The largest absolute Gasteiger partial charge is 0.466 e. The first kappa shape index (κ1) is 20.8. The van der Waals surface area contributed by atoms with Crippen LogP contribution >= 0.6 is 12.6 Å². The molecule has 1 atom stereocenters. The fourth-order valence-electron chi connectivity index (χ4n) is 2.44. The number of carbonyl (C=O) groups excluding carboxylic acids is 1. The Kier molecular flexibility index (Phi) is 16.1. The second-order valence-electron chi connectivity index (χ2n) is 6.03. The summed E-state index contributed by atoms with van der Waals surface area (Å²) in [5, 5.41) is 0.371. The van der Waals surface area contributed by atoms with Gasteiger partial charge < -0.3 is 4.74 Å². The number of rotatable bonds is 15. The van der Waals surface area contributed by atoms with Crippen LogP contribution < -0.4 is 0 Å². The van der Waals surface area contributed by atoms with Crippen molar-refractivity contribution in [3.8, 4) is 0 Å². The van der Waals surface area contributed by atoms with Crippen LogP contribution in [0.15, 0.2) is 0 Å². The predicted molar refractivity (Wildman–Crippen MR) is 95.1 cm³/mol. The van der Waals surface area contributed by atoms with E-state index in [-0.39, 0.29) is 5.97 Å². The summed E-state index contributed by atoms with van der Waals surface area (Å²) in [5.41, 5.74) is 0. The van der Waals surface area contributed by atoms with E-state index in [9.17, 15) is 4.79 Å². The smallest absolute Gasteiger partial charge is 0.305 e. The minimum atomic E-state index is -0.0324. The number of hydrogen-bond donors (Lipinski definition) is 1. The molecule has 21 heavy (non-hydrogen) atoms. The van der Waals surface area contributed by atoms with Crippen molar-refractivity contribution in [2.75, 3.05) is 6.61 Å². The minimum Gasteiger partial charge on any atom is -0.466 e. The zero-order valence-electron chi connectivity index (χ0n) is 14.2. The summed E-state index contributed by atoms with van der Waals surface area (Å²) in [6.45, 7) is 4.93. The topological polar surface area (TPSA) is 26.3 Å². The van der Waals surface area contributed by atoms with Gasteiger partial charge in [-0.25, -0.2) is 0 Å². The van der Waals surface area contributed by atoms with E-state index in [1.54, 1.807) is 0 Å². The van der Waals surface area contributed by atoms with Gasteiger partial charge in [0.1, 0.15) is 0 Å². The lowest BCUT2D eigenvalue weighted by atomic mass is 10.1. The van der Waals surface area contributed by atoms with Crippen LogP contribution in [0.25, 0.3) is 0 Å². The fourth-order valence-corrected chi connectivity index (χ4v) is 2.80. The van der Waals surface area contributed by atoms with Crippen LogP contribution in [0, 0.1) is 0 Å². The Hall–Kier alpha value is -0.180. The third kappa shape index (κ3) is 16.0. The molecule has 126 valence electrons. The molecular formula is C18H36O2S. The summed E-state index contributed by atoms with van der Waals surface area (Å²) in [7, 11) is 0. The molecule has 3 heteroatoms. The number of esters is 1. The van der Waals surface area contributed by atoms with E-state index in [1.807, 2.05) is 0 Å². The summed E-state index contributed by atoms with van der Waals surface area (Å²) in [6, 6.07) is 0. The summed E-state index contributed by atoms with van der Waals surface area (Å²) < 4.78 is 5.24. The number of ether oxygens (including phenoxy) is 1. The van der Waals surface area contributed by atoms with E-state index in [0.29, 0.717) is 18.3 Å². The second kappa shape index (κ2) is 16.2. The van der Waals surface area contributed by atoms with Crippen molar-refractivity contribution in [1.82, 2.24) is 0 Å². The Morgan fingerprint density at radius 1 is 0.857 bits per heavy atom. The van der Waals surface area contributed by atoms with Crippen LogP contribution in [0.4, 0.5) is 0 Å². The Morgan fingerprint density at radius 3 is 2.00 bits per heavy atom. The molecule has 0 rings (SSSR count). The van der Waals surface area contributed by atoms with E-state index in [4.69, 9.17) is 4.74 Å². The van der Waals surface area contributed by atoms with Crippen molar-refractivity contribution in [3.05, 3.63) is 0 Å². The third-order valence-electron chi connectivity index (χ3n) is 3.82. The summed E-state index contributed by atoms with van der Waals surface area (Å²) >= 11 is 4.46. The van der Waals surface area contributed by atoms with Crippen molar-refractivity contribution in [2.45, 2.75) is 103 Å². The summed E-state index contributed by atoms with van der Waals surface area (Å²) in [5.74, 6) is -0.0324. The lowest BCUT2D eigenvalue weighted by Gasteiger charge is -2.09. The van der Waals surface area contributed by atoms with Crippen molar-refractivity contribution in [2.24, 2.45) is 0 Å². The normalized spacial score (nSPS) is 12.3. The highest BCUT2D eigenvalue weighted by molar-refractivity contribution is 7.80. The Labute approximate surface area is 137 Å². The molecule has 0 bridgehead atoms. The van der Waals surface area contributed by atoms with Gasteiger partial charge in [0.05, 0.1) is 6.61 Å². The van der Waals surface area contributed by atoms with Crippen LogP contribution in [0.1, 0.15) is 97.3 Å². The molecule has 0 aromatic rings. The van der Waals surface area contributed by atoms with Gasteiger partial charge in [0, 0.05) is 11.7 Å². The predicted octanol–water partition coefficient (Wildman–Crippen LogP) is 5.94. The maximum absolute atomic E-state index is 11.5. The maximum Gasteiger partial charge on any atom is 0.305 e. The zero-order chi connectivity index (χ0) is 15.8. The van der Waals surface area contributed by atoms with Crippen molar-refractivity contribution < 1.29 is 9.53 Å². The van der Waals surface area contributed by atoms with Crippen LogP contribution in [0.5, 0.6) is 0 Å². The first-order chi connectivity index (χ1) is 10.2. The van der Waals surface area contributed by atoms with E-state index >= 15 is 0 Å². The van der Waals surface area contributed by atoms with Gasteiger partial charge in [-0.05, 0) is 19.3 Å². The van der Waals surface area contributed by atoms with Gasteiger partial charge in [0.25, 0.3) is 0 Å². The van der Waals surface area contributed by atoms with Gasteiger partial charge in [-0.3, -0.25) is 4.79 Å². The van der Waals surface area contributed by atoms with Crippen molar-refractivity contribution in [3.63, 3.8) is 0 Å². The molecule has 0 fully saturated rings. The lowest BCUT2D eigenvalue weighted by molar-refractivity contribution is -0.143. The molecule has 0 spiro atoms. The lowest BCUT2D eigenvalue weighted by Crippen LogP contribution is -2.09. The van der Waals surface area contributed by atoms with E-state index in [0.717, 1.165) is 32.1 Å². The molecule has 0 aliphatic heterocycles. The van der Waals surface area contributed by atoms with E-state index in [2.05, 4.69) is 26.5 Å². The molecule has 0 saturated carbocycles. The molecular weight excluding hydrogens is 280 g/mol. The average Bonchev–Trinajstić information content (AvgIpc) is 2.46.